The van der Waals surface area contributed by atoms with Crippen LogP contribution in [0.3, 0.4) is 0 Å². The lowest BCUT2D eigenvalue weighted by molar-refractivity contribution is 0.150. The van der Waals surface area contributed by atoms with Gasteiger partial charge in [0.1, 0.15) is 17.7 Å². The maximum Gasteiger partial charge on any atom is 0.148 e. The third kappa shape index (κ3) is 2.80. The molecule has 110 valence electrons. The number of hydrogen-bond acceptors (Lipinski definition) is 2. The van der Waals surface area contributed by atoms with Crippen LogP contribution in [0.1, 0.15) is 29.7 Å². The van der Waals surface area contributed by atoms with E-state index in [1.807, 2.05) is 25.2 Å². The first kappa shape index (κ1) is 14.8. The summed E-state index contributed by atoms with van der Waals surface area (Å²) in [6.45, 7) is 0. The summed E-state index contributed by atoms with van der Waals surface area (Å²) in [5, 5.41) is 3.38. The van der Waals surface area contributed by atoms with Crippen LogP contribution in [0.15, 0.2) is 40.9 Å². The van der Waals surface area contributed by atoms with Gasteiger partial charge in [-0.05, 0) is 25.2 Å². The van der Waals surface area contributed by atoms with E-state index in [9.17, 15) is 4.39 Å². The molecule has 0 saturated heterocycles. The van der Waals surface area contributed by atoms with Crippen molar-refractivity contribution in [3.63, 3.8) is 0 Å². The molecule has 0 bridgehead atoms. The molecule has 0 aliphatic carbocycles. The minimum Gasteiger partial charge on any atom is -0.485 e. The second-order valence-corrected chi connectivity index (χ2v) is 6.33. The predicted molar refractivity (Wildman–Crippen MR) is 85.3 cm³/mol. The lowest BCUT2D eigenvalue weighted by atomic mass is 9.93. The second kappa shape index (κ2) is 5.95. The van der Waals surface area contributed by atoms with Crippen LogP contribution >= 0.6 is 27.5 Å². The monoisotopic (exact) mass is 369 g/mol. The fourth-order valence-corrected chi connectivity index (χ4v) is 3.20. The van der Waals surface area contributed by atoms with Gasteiger partial charge in [0.2, 0.25) is 0 Å². The zero-order valence-corrected chi connectivity index (χ0v) is 13.7. The molecule has 2 aromatic carbocycles. The van der Waals surface area contributed by atoms with E-state index in [0.717, 1.165) is 15.8 Å². The Hall–Kier alpha value is -1.10. The number of fused-ring (bicyclic) bond motifs is 1. The Bertz CT molecular complexity index is 679. The number of rotatable bonds is 2. The molecule has 0 fully saturated rings. The average Bonchev–Trinajstić information content (AvgIpc) is 2.48. The molecule has 1 heterocycles. The van der Waals surface area contributed by atoms with Crippen molar-refractivity contribution in [2.45, 2.75) is 18.6 Å². The number of nitrogens with one attached hydrogen (secondary N) is 1. The summed E-state index contributed by atoms with van der Waals surface area (Å²) in [6, 6.07) is 11.0. The molecular formula is C16H14BrClFNO. The van der Waals surface area contributed by atoms with Gasteiger partial charge in [-0.1, -0.05) is 45.7 Å². The van der Waals surface area contributed by atoms with Crippen LogP contribution < -0.4 is 10.1 Å². The highest BCUT2D eigenvalue weighted by Gasteiger charge is 2.30. The highest BCUT2D eigenvalue weighted by molar-refractivity contribution is 9.10. The molecule has 1 N–H and O–H groups in total. The molecule has 3 rings (SSSR count). The van der Waals surface area contributed by atoms with Gasteiger partial charge in [0, 0.05) is 28.1 Å². The number of benzene rings is 2. The highest BCUT2D eigenvalue weighted by atomic mass is 79.9. The lowest BCUT2D eigenvalue weighted by Crippen LogP contribution is -2.27. The maximum atomic E-state index is 14.2. The van der Waals surface area contributed by atoms with Crippen molar-refractivity contribution < 1.29 is 9.13 Å². The van der Waals surface area contributed by atoms with Gasteiger partial charge in [-0.15, -0.1) is 0 Å². The molecule has 5 heteroatoms. The third-order valence-electron chi connectivity index (χ3n) is 3.75. The largest absolute Gasteiger partial charge is 0.485 e. The lowest BCUT2D eigenvalue weighted by Gasteiger charge is -2.32. The van der Waals surface area contributed by atoms with E-state index in [-0.39, 0.29) is 17.2 Å². The van der Waals surface area contributed by atoms with Crippen molar-refractivity contribution in [2.75, 3.05) is 7.05 Å². The Morgan fingerprint density at radius 1 is 1.29 bits per heavy atom. The molecular weight excluding hydrogens is 357 g/mol. The zero-order chi connectivity index (χ0) is 15.0. The summed E-state index contributed by atoms with van der Waals surface area (Å²) in [4.78, 5) is 0. The summed E-state index contributed by atoms with van der Waals surface area (Å²) in [7, 11) is 1.90. The zero-order valence-electron chi connectivity index (χ0n) is 11.4. The first-order valence-electron chi connectivity index (χ1n) is 6.67. The Kier molecular flexibility index (Phi) is 4.20. The molecule has 2 atom stereocenters. The molecule has 1 aliphatic heterocycles. The van der Waals surface area contributed by atoms with Crippen LogP contribution in [-0.2, 0) is 0 Å². The van der Waals surface area contributed by atoms with Crippen LogP contribution in [0.25, 0.3) is 0 Å². The minimum absolute atomic E-state index is 0.116. The van der Waals surface area contributed by atoms with Gasteiger partial charge in [0.05, 0.1) is 5.02 Å². The van der Waals surface area contributed by atoms with Crippen LogP contribution in [0, 0.1) is 5.82 Å². The van der Waals surface area contributed by atoms with Crippen molar-refractivity contribution in [1.82, 2.24) is 5.32 Å². The van der Waals surface area contributed by atoms with Crippen LogP contribution in [0.4, 0.5) is 4.39 Å². The highest BCUT2D eigenvalue weighted by Crippen LogP contribution is 2.42. The van der Waals surface area contributed by atoms with E-state index in [1.54, 1.807) is 18.2 Å². The number of halogens is 3. The normalized spacial score (nSPS) is 20.8. The molecule has 2 unspecified atom stereocenters. The fourth-order valence-electron chi connectivity index (χ4n) is 2.67. The van der Waals surface area contributed by atoms with Crippen LogP contribution in [0.2, 0.25) is 5.02 Å². The van der Waals surface area contributed by atoms with Crippen molar-refractivity contribution in [3.05, 3.63) is 62.8 Å². The Morgan fingerprint density at radius 2 is 2.10 bits per heavy atom. The van der Waals surface area contributed by atoms with Crippen molar-refractivity contribution in [3.8, 4) is 5.75 Å². The quantitative estimate of drug-likeness (QED) is 0.801. The van der Waals surface area contributed by atoms with Gasteiger partial charge in [-0.3, -0.25) is 0 Å². The molecule has 2 aromatic rings. The Morgan fingerprint density at radius 3 is 2.86 bits per heavy atom. The molecule has 0 aromatic heterocycles. The van der Waals surface area contributed by atoms with Crippen LogP contribution in [0.5, 0.6) is 5.75 Å². The third-order valence-corrected chi connectivity index (χ3v) is 4.53. The van der Waals surface area contributed by atoms with E-state index in [2.05, 4.69) is 21.2 Å². The topological polar surface area (TPSA) is 21.3 Å². The molecule has 0 saturated carbocycles. The maximum absolute atomic E-state index is 14.2. The summed E-state index contributed by atoms with van der Waals surface area (Å²) in [6.07, 6.45) is 0.297. The van der Waals surface area contributed by atoms with Gasteiger partial charge >= 0.3 is 0 Å². The fraction of sp³-hybridized carbons (Fsp3) is 0.250. The van der Waals surface area contributed by atoms with Crippen molar-refractivity contribution in [2.24, 2.45) is 0 Å². The standard InChI is InChI=1S/C16H14BrClFNO/c1-20-13-8-15(11-3-2-4-12(18)16(11)19)21-14-7-9(17)5-6-10(13)14/h2-7,13,15,20H,8H2,1H3. The summed E-state index contributed by atoms with van der Waals surface area (Å²) < 4.78 is 21.2. The number of ether oxygens (including phenoxy) is 1. The molecule has 0 radical (unpaired) electrons. The first-order chi connectivity index (χ1) is 10.1. The molecule has 21 heavy (non-hydrogen) atoms. The van der Waals surface area contributed by atoms with Gasteiger partial charge in [0.15, 0.2) is 0 Å². The van der Waals surface area contributed by atoms with Crippen LogP contribution in [-0.4, -0.2) is 7.05 Å². The van der Waals surface area contributed by atoms with Gasteiger partial charge < -0.3 is 10.1 Å². The molecule has 2 nitrogen and oxygen atoms in total. The second-order valence-electron chi connectivity index (χ2n) is 5.01. The summed E-state index contributed by atoms with van der Waals surface area (Å²) in [5.41, 5.74) is 1.58. The van der Waals surface area contributed by atoms with E-state index in [1.165, 1.54) is 0 Å². The van der Waals surface area contributed by atoms with Gasteiger partial charge in [-0.2, -0.15) is 0 Å². The predicted octanol–water partition coefficient (Wildman–Crippen LogP) is 5.03. The van der Waals surface area contributed by atoms with Crippen molar-refractivity contribution >= 4 is 27.5 Å². The smallest absolute Gasteiger partial charge is 0.148 e. The van der Waals surface area contributed by atoms with E-state index >= 15 is 0 Å². The number of hydrogen-bond donors (Lipinski definition) is 1. The van der Waals surface area contributed by atoms with E-state index in [0.29, 0.717) is 12.0 Å². The van der Waals surface area contributed by atoms with Crippen molar-refractivity contribution in [1.29, 1.82) is 0 Å². The molecule has 0 amide bonds. The van der Waals surface area contributed by atoms with Gasteiger partial charge in [0.25, 0.3) is 0 Å². The first-order valence-corrected chi connectivity index (χ1v) is 7.84. The Balaban J connectivity index is 2.02. The van der Waals surface area contributed by atoms with E-state index in [4.69, 9.17) is 16.3 Å². The average molecular weight is 371 g/mol. The van der Waals surface area contributed by atoms with Gasteiger partial charge in [-0.25, -0.2) is 4.39 Å². The Labute approximate surface area is 136 Å². The molecule has 1 aliphatic rings. The minimum atomic E-state index is -0.405. The SMILES string of the molecule is CNC1CC(c2cccc(Cl)c2F)Oc2cc(Br)ccc21. The summed E-state index contributed by atoms with van der Waals surface area (Å²) in [5.74, 6) is 0.358. The molecule has 0 spiro atoms. The summed E-state index contributed by atoms with van der Waals surface area (Å²) >= 11 is 9.31. The van der Waals surface area contributed by atoms with E-state index < -0.39 is 5.82 Å².